The number of fused-ring (bicyclic) bond motifs is 4. The minimum absolute atomic E-state index is 0.0465. The maximum Gasteiger partial charge on any atom is 0.261 e. The molecule has 4 aromatic carbocycles. The van der Waals surface area contributed by atoms with E-state index >= 15 is 0 Å². The normalized spacial score (nSPS) is 25.9. The van der Waals surface area contributed by atoms with Crippen molar-refractivity contribution < 1.29 is 22.4 Å². The molecule has 4 heterocycles. The number of benzene rings is 4. The second-order valence-corrected chi connectivity index (χ2v) is 16.2. The molecule has 8 rings (SSSR count). The third-order valence-electron chi connectivity index (χ3n) is 11.2. The molecule has 272 valence electrons. The molecule has 6 atom stereocenters. The van der Waals surface area contributed by atoms with Crippen LogP contribution in [0.3, 0.4) is 0 Å². The molecule has 4 fully saturated rings. The lowest BCUT2D eigenvalue weighted by Crippen LogP contribution is -2.43. The Labute approximate surface area is 305 Å². The summed E-state index contributed by atoms with van der Waals surface area (Å²) in [7, 11) is 0.898. The van der Waals surface area contributed by atoms with Gasteiger partial charge in [-0.25, -0.2) is 0 Å². The summed E-state index contributed by atoms with van der Waals surface area (Å²) in [5.41, 5.74) is 5.02. The van der Waals surface area contributed by atoms with Crippen LogP contribution in [0.2, 0.25) is 0 Å². The molecule has 0 saturated carbocycles. The van der Waals surface area contributed by atoms with Gasteiger partial charge in [-0.05, 0) is 87.7 Å². The minimum Gasteiger partial charge on any atom is -0.365 e. The van der Waals surface area contributed by atoms with E-state index in [9.17, 15) is 8.42 Å². The van der Waals surface area contributed by atoms with Crippen molar-refractivity contribution in [2.24, 2.45) is 0 Å². The Morgan fingerprint density at radius 1 is 0.510 bits per heavy atom. The molecule has 0 radical (unpaired) electrons. The van der Waals surface area contributed by atoms with E-state index in [1.54, 1.807) is 0 Å². The van der Waals surface area contributed by atoms with E-state index in [1.165, 1.54) is 73.6 Å². The fourth-order valence-corrected chi connectivity index (χ4v) is 8.54. The van der Waals surface area contributed by atoms with E-state index in [0.29, 0.717) is 42.6 Å². The number of ether oxygens (including phenoxy) is 2. The van der Waals surface area contributed by atoms with Gasteiger partial charge in [-0.1, -0.05) is 121 Å². The number of piperidine rings is 2. The van der Waals surface area contributed by atoms with E-state index in [2.05, 4.69) is 145 Å². The molecule has 8 heteroatoms. The van der Waals surface area contributed by atoms with Gasteiger partial charge in [-0.2, -0.15) is 8.42 Å². The molecule has 4 aliphatic heterocycles. The van der Waals surface area contributed by atoms with E-state index in [-0.39, 0.29) is 12.2 Å². The second kappa shape index (κ2) is 17.4. The van der Waals surface area contributed by atoms with Gasteiger partial charge in [0, 0.05) is 24.2 Å². The highest BCUT2D eigenvalue weighted by Crippen LogP contribution is 2.40. The summed E-state index contributed by atoms with van der Waals surface area (Å²) in [6, 6.07) is 45.4. The van der Waals surface area contributed by atoms with E-state index in [1.807, 2.05) is 0 Å². The molecule has 4 aliphatic rings. The monoisotopic (exact) mass is 710 g/mol. The zero-order valence-corrected chi connectivity index (χ0v) is 31.0. The Morgan fingerprint density at radius 3 is 0.941 bits per heavy atom. The Kier molecular flexibility index (Phi) is 12.8. The average Bonchev–Trinajstić information content (AvgIpc) is 3.45. The van der Waals surface area contributed by atoms with Gasteiger partial charge >= 0.3 is 0 Å². The third kappa shape index (κ3) is 10.4. The fraction of sp³-hybridized carbons (Fsp3) is 0.442. The standard InChI is InChI=1S/2C21H25NO.CH4O3S/c2*1-22-18-12-13-19(22)15-20(14-18)23-21(16-8-4-2-5-9-16)17-10-6-3-7-11-17;1-5(2,3)4/h2*2-11,18-21H,12-15H2,1H3;1H3,(H,2,3,4)/t2*18-,19+,20?;. The molecular formula is C43H54N2O5S. The molecule has 4 saturated heterocycles. The molecular weight excluding hydrogens is 657 g/mol. The van der Waals surface area contributed by atoms with Crippen molar-refractivity contribution in [1.29, 1.82) is 0 Å². The lowest BCUT2D eigenvalue weighted by molar-refractivity contribution is -0.0428. The zero-order chi connectivity index (χ0) is 35.8. The van der Waals surface area contributed by atoms with Crippen LogP contribution in [0.4, 0.5) is 0 Å². The van der Waals surface area contributed by atoms with Crippen molar-refractivity contribution in [3.05, 3.63) is 144 Å². The predicted molar refractivity (Wildman–Crippen MR) is 204 cm³/mol. The maximum atomic E-state index is 9.19. The van der Waals surface area contributed by atoms with E-state index in [0.717, 1.165) is 0 Å². The van der Waals surface area contributed by atoms with Gasteiger partial charge in [-0.3, -0.25) is 4.55 Å². The van der Waals surface area contributed by atoms with Crippen LogP contribution in [0.5, 0.6) is 0 Å². The Bertz CT molecular complexity index is 1500. The van der Waals surface area contributed by atoms with Crippen LogP contribution >= 0.6 is 0 Å². The summed E-state index contributed by atoms with van der Waals surface area (Å²) < 4.78 is 39.2. The molecule has 0 amide bonds. The van der Waals surface area contributed by atoms with Crippen LogP contribution in [-0.2, 0) is 19.6 Å². The molecule has 0 spiro atoms. The predicted octanol–water partition coefficient (Wildman–Crippen LogP) is 8.34. The maximum absolute atomic E-state index is 9.19. The van der Waals surface area contributed by atoms with E-state index < -0.39 is 10.1 Å². The van der Waals surface area contributed by atoms with Crippen LogP contribution in [0, 0.1) is 0 Å². The SMILES string of the molecule is CN1[C@@H]2CC[C@H]1CC(OC(c1ccccc1)c1ccccc1)C2.CN1[C@@H]2CC[C@H]1CC(OC(c1ccccc1)c1ccccc1)C2.CS(=O)(=O)O. The molecule has 4 bridgehead atoms. The molecule has 4 aromatic rings. The van der Waals surface area contributed by atoms with E-state index in [4.69, 9.17) is 14.0 Å². The van der Waals surface area contributed by atoms with Gasteiger partial charge in [0.1, 0.15) is 12.2 Å². The summed E-state index contributed by atoms with van der Waals surface area (Å²) in [5, 5.41) is 0. The largest absolute Gasteiger partial charge is 0.365 e. The lowest BCUT2D eigenvalue weighted by atomic mass is 9.97. The smallest absolute Gasteiger partial charge is 0.261 e. The average molecular weight is 711 g/mol. The molecule has 0 aliphatic carbocycles. The van der Waals surface area contributed by atoms with Gasteiger partial charge in [0.15, 0.2) is 0 Å². The Hall–Kier alpha value is -3.37. The highest BCUT2D eigenvalue weighted by Gasteiger charge is 2.41. The second-order valence-electron chi connectivity index (χ2n) is 14.7. The van der Waals surface area contributed by atoms with Crippen LogP contribution in [0.25, 0.3) is 0 Å². The third-order valence-corrected chi connectivity index (χ3v) is 11.2. The first-order valence-electron chi connectivity index (χ1n) is 18.5. The van der Waals surface area contributed by atoms with Gasteiger partial charge in [0.05, 0.1) is 18.5 Å². The van der Waals surface area contributed by atoms with Crippen molar-refractivity contribution >= 4 is 10.1 Å². The summed E-state index contributed by atoms with van der Waals surface area (Å²) in [5.74, 6) is 0. The number of rotatable bonds is 8. The minimum atomic E-state index is -3.67. The first-order chi connectivity index (χ1) is 24.6. The Balaban J connectivity index is 0.000000156. The number of hydrogen-bond acceptors (Lipinski definition) is 6. The first kappa shape index (κ1) is 37.4. The van der Waals surface area contributed by atoms with Gasteiger partial charge in [-0.15, -0.1) is 0 Å². The van der Waals surface area contributed by atoms with Gasteiger partial charge in [0.25, 0.3) is 10.1 Å². The fourth-order valence-electron chi connectivity index (χ4n) is 8.54. The molecule has 2 unspecified atom stereocenters. The summed E-state index contributed by atoms with van der Waals surface area (Å²) in [6.07, 6.45) is 11.6. The van der Waals surface area contributed by atoms with Crippen molar-refractivity contribution in [3.8, 4) is 0 Å². The topological polar surface area (TPSA) is 79.3 Å². The highest BCUT2D eigenvalue weighted by molar-refractivity contribution is 7.85. The summed E-state index contributed by atoms with van der Waals surface area (Å²) in [4.78, 5) is 5.14. The highest BCUT2D eigenvalue weighted by atomic mass is 32.2. The first-order valence-corrected chi connectivity index (χ1v) is 20.3. The summed E-state index contributed by atoms with van der Waals surface area (Å²) in [6.45, 7) is 0. The van der Waals surface area contributed by atoms with Crippen LogP contribution < -0.4 is 0 Å². The lowest BCUT2D eigenvalue weighted by Gasteiger charge is -2.38. The van der Waals surface area contributed by atoms with Crippen molar-refractivity contribution in [1.82, 2.24) is 9.80 Å². The summed E-state index contributed by atoms with van der Waals surface area (Å²) >= 11 is 0. The van der Waals surface area contributed by atoms with Gasteiger partial charge in [0.2, 0.25) is 0 Å². The van der Waals surface area contributed by atoms with Crippen LogP contribution in [-0.4, -0.2) is 79.5 Å². The van der Waals surface area contributed by atoms with Crippen molar-refractivity contribution in [3.63, 3.8) is 0 Å². The molecule has 1 N–H and O–H groups in total. The quantitative estimate of drug-likeness (QED) is 0.184. The van der Waals surface area contributed by atoms with Crippen molar-refractivity contribution in [2.45, 2.75) is 99.9 Å². The Morgan fingerprint density at radius 2 is 0.725 bits per heavy atom. The van der Waals surface area contributed by atoms with Crippen LogP contribution in [0.15, 0.2) is 121 Å². The zero-order valence-electron chi connectivity index (χ0n) is 30.2. The number of nitrogens with zero attached hydrogens (tertiary/aromatic N) is 2. The molecule has 7 nitrogen and oxygen atoms in total. The van der Waals surface area contributed by atoms with Gasteiger partial charge < -0.3 is 19.3 Å². The van der Waals surface area contributed by atoms with Crippen molar-refractivity contribution in [2.75, 3.05) is 20.4 Å². The van der Waals surface area contributed by atoms with Crippen LogP contribution in [0.1, 0.15) is 85.8 Å². The molecule has 0 aromatic heterocycles. The number of hydrogen-bond donors (Lipinski definition) is 1. The molecule has 51 heavy (non-hydrogen) atoms.